The molecule has 3 aromatic heterocycles. The van der Waals surface area contributed by atoms with Crippen LogP contribution in [0.3, 0.4) is 0 Å². The number of thiophene rings is 1. The fraction of sp³-hybridized carbons (Fsp3) is 0.280. The van der Waals surface area contributed by atoms with Crippen LogP contribution in [0.4, 0.5) is 0 Å². The predicted octanol–water partition coefficient (Wildman–Crippen LogP) is 4.30. The highest BCUT2D eigenvalue weighted by molar-refractivity contribution is 7.09. The largest absolute Gasteiger partial charge is 0.451 e. The number of benzene rings is 1. The Morgan fingerprint density at radius 3 is 2.78 bits per heavy atom. The molecule has 0 bridgehead atoms. The van der Waals surface area contributed by atoms with Crippen molar-refractivity contribution in [1.29, 1.82) is 0 Å². The van der Waals surface area contributed by atoms with Crippen molar-refractivity contribution < 1.29 is 14.3 Å². The van der Waals surface area contributed by atoms with E-state index in [4.69, 9.17) is 4.42 Å². The molecule has 4 aromatic rings. The summed E-state index contributed by atoms with van der Waals surface area (Å²) in [6, 6.07) is 17.3. The summed E-state index contributed by atoms with van der Waals surface area (Å²) in [4.78, 5) is 20.5. The maximum Gasteiger partial charge on any atom is 0.287 e. The number of likely N-dealkylation sites (tertiary alicyclic amines) is 1. The molecule has 0 radical (unpaired) electrons. The lowest BCUT2D eigenvalue weighted by Gasteiger charge is -2.38. The Kier molecular flexibility index (Phi) is 5.78. The van der Waals surface area contributed by atoms with Gasteiger partial charge in [-0.05, 0) is 60.2 Å². The minimum Gasteiger partial charge on any atom is -0.451 e. The molecule has 164 valence electrons. The Balaban J connectivity index is 1.26. The van der Waals surface area contributed by atoms with Crippen molar-refractivity contribution in [2.75, 3.05) is 13.1 Å². The van der Waals surface area contributed by atoms with Crippen LogP contribution < -0.4 is 5.32 Å². The van der Waals surface area contributed by atoms with Gasteiger partial charge in [0.05, 0.1) is 17.8 Å². The van der Waals surface area contributed by atoms with Crippen LogP contribution in [0.15, 0.2) is 70.6 Å². The number of nitrogens with zero attached hydrogens (tertiary/aromatic N) is 2. The molecule has 1 saturated heterocycles. The highest BCUT2D eigenvalue weighted by atomic mass is 32.1. The van der Waals surface area contributed by atoms with Crippen LogP contribution in [0.5, 0.6) is 0 Å². The first-order valence-corrected chi connectivity index (χ1v) is 11.7. The Bertz CT molecular complexity index is 1200. The average molecular weight is 448 g/mol. The fourth-order valence-corrected chi connectivity index (χ4v) is 4.94. The summed E-state index contributed by atoms with van der Waals surface area (Å²) in [5, 5.41) is 17.1. The third-order valence-electron chi connectivity index (χ3n) is 6.08. The molecule has 0 unspecified atom stereocenters. The molecular formula is C25H25N3O3S. The number of aromatic nitrogens is 1. The molecule has 0 aliphatic carbocycles. The monoisotopic (exact) mass is 447 g/mol. The molecule has 5 rings (SSSR count). The second-order valence-electron chi connectivity index (χ2n) is 8.25. The smallest absolute Gasteiger partial charge is 0.287 e. The fourth-order valence-electron chi connectivity index (χ4n) is 4.20. The van der Waals surface area contributed by atoms with Crippen LogP contribution >= 0.6 is 11.3 Å². The van der Waals surface area contributed by atoms with E-state index in [1.165, 1.54) is 4.88 Å². The van der Waals surface area contributed by atoms with Crippen LogP contribution in [0.1, 0.15) is 39.5 Å². The molecule has 1 fully saturated rings. The molecule has 7 heteroatoms. The van der Waals surface area contributed by atoms with Gasteiger partial charge in [-0.2, -0.15) is 0 Å². The first kappa shape index (κ1) is 20.9. The number of amides is 1. The van der Waals surface area contributed by atoms with Gasteiger partial charge in [-0.1, -0.05) is 18.2 Å². The molecule has 2 N–H and O–H groups in total. The molecule has 0 spiro atoms. The van der Waals surface area contributed by atoms with E-state index in [-0.39, 0.29) is 11.7 Å². The van der Waals surface area contributed by atoms with Gasteiger partial charge in [0.2, 0.25) is 0 Å². The minimum absolute atomic E-state index is 0.255. The van der Waals surface area contributed by atoms with Gasteiger partial charge in [-0.3, -0.25) is 14.7 Å². The van der Waals surface area contributed by atoms with E-state index in [0.717, 1.165) is 36.3 Å². The number of hydrogen-bond acceptors (Lipinski definition) is 6. The second-order valence-corrected chi connectivity index (χ2v) is 9.29. The highest BCUT2D eigenvalue weighted by Crippen LogP contribution is 2.35. The van der Waals surface area contributed by atoms with E-state index in [1.54, 1.807) is 23.6 Å². The Morgan fingerprint density at radius 1 is 1.16 bits per heavy atom. The summed E-state index contributed by atoms with van der Waals surface area (Å²) in [6.07, 6.45) is 3.06. The number of carbonyl (C=O) groups is 1. The SMILES string of the molecule is O=C(NCc1ccccn1)c1cc2cc(C3(O)CCN(Cc4cccs4)CC3)ccc2o1. The zero-order valence-corrected chi connectivity index (χ0v) is 18.5. The Hall–Kier alpha value is -3.00. The van der Waals surface area contributed by atoms with Gasteiger partial charge in [0, 0.05) is 36.1 Å². The first-order chi connectivity index (χ1) is 15.6. The Morgan fingerprint density at radius 2 is 2.03 bits per heavy atom. The molecular weight excluding hydrogens is 422 g/mol. The van der Waals surface area contributed by atoms with Crippen molar-refractivity contribution in [2.45, 2.75) is 31.5 Å². The van der Waals surface area contributed by atoms with E-state index < -0.39 is 5.60 Å². The third-order valence-corrected chi connectivity index (χ3v) is 6.94. The molecule has 0 atom stereocenters. The van der Waals surface area contributed by atoms with E-state index in [0.29, 0.717) is 25.0 Å². The molecule has 1 amide bonds. The van der Waals surface area contributed by atoms with E-state index in [9.17, 15) is 9.90 Å². The van der Waals surface area contributed by atoms with Gasteiger partial charge in [0.15, 0.2) is 5.76 Å². The average Bonchev–Trinajstić information content (AvgIpc) is 3.49. The number of rotatable bonds is 6. The molecule has 0 saturated carbocycles. The topological polar surface area (TPSA) is 78.6 Å². The number of pyridine rings is 1. The maximum absolute atomic E-state index is 12.5. The van der Waals surface area contributed by atoms with Crippen molar-refractivity contribution in [2.24, 2.45) is 0 Å². The minimum atomic E-state index is -0.862. The predicted molar refractivity (Wildman–Crippen MR) is 124 cm³/mol. The summed E-state index contributed by atoms with van der Waals surface area (Å²) < 4.78 is 5.75. The maximum atomic E-state index is 12.5. The van der Waals surface area contributed by atoms with Crippen LogP contribution in [-0.2, 0) is 18.7 Å². The number of nitrogens with one attached hydrogen (secondary N) is 1. The van der Waals surface area contributed by atoms with Gasteiger partial charge in [0.25, 0.3) is 5.91 Å². The van der Waals surface area contributed by atoms with E-state index in [1.807, 2.05) is 36.4 Å². The van der Waals surface area contributed by atoms with Gasteiger partial charge < -0.3 is 14.8 Å². The third kappa shape index (κ3) is 4.46. The molecule has 1 aromatic carbocycles. The van der Waals surface area contributed by atoms with Crippen molar-refractivity contribution in [3.05, 3.63) is 88.1 Å². The van der Waals surface area contributed by atoms with Crippen LogP contribution in [0.25, 0.3) is 11.0 Å². The lowest BCUT2D eigenvalue weighted by molar-refractivity contribution is -0.0274. The number of furan rings is 1. The first-order valence-electron chi connectivity index (χ1n) is 10.8. The van der Waals surface area contributed by atoms with Crippen molar-refractivity contribution >= 4 is 28.2 Å². The zero-order chi connectivity index (χ0) is 22.0. The Labute approximate surface area is 190 Å². The van der Waals surface area contributed by atoms with Gasteiger partial charge in [-0.15, -0.1) is 11.3 Å². The summed E-state index contributed by atoms with van der Waals surface area (Å²) >= 11 is 1.77. The molecule has 1 aliphatic heterocycles. The normalized spacial score (nSPS) is 16.3. The zero-order valence-electron chi connectivity index (χ0n) is 17.7. The van der Waals surface area contributed by atoms with Gasteiger partial charge in [-0.25, -0.2) is 0 Å². The van der Waals surface area contributed by atoms with Crippen LogP contribution in [0.2, 0.25) is 0 Å². The summed E-state index contributed by atoms with van der Waals surface area (Å²) in [5.41, 5.74) is 1.43. The van der Waals surface area contributed by atoms with E-state index in [2.05, 4.69) is 32.7 Å². The number of hydrogen-bond donors (Lipinski definition) is 2. The van der Waals surface area contributed by atoms with E-state index >= 15 is 0 Å². The van der Waals surface area contributed by atoms with Crippen molar-refractivity contribution in [1.82, 2.24) is 15.2 Å². The van der Waals surface area contributed by atoms with Gasteiger partial charge >= 0.3 is 0 Å². The standard InChI is InChI=1S/C25H25N3O3S/c29-24(27-16-20-4-1-2-10-26-20)23-15-18-14-19(6-7-22(18)31-23)25(30)8-11-28(12-9-25)17-21-5-3-13-32-21/h1-7,10,13-15,30H,8-9,11-12,16-17H2,(H,27,29). The quantitative estimate of drug-likeness (QED) is 0.461. The number of aliphatic hydroxyl groups is 1. The lowest BCUT2D eigenvalue weighted by atomic mass is 9.84. The lowest BCUT2D eigenvalue weighted by Crippen LogP contribution is -2.42. The van der Waals surface area contributed by atoms with Crippen LogP contribution in [-0.4, -0.2) is 34.0 Å². The van der Waals surface area contributed by atoms with Crippen molar-refractivity contribution in [3.63, 3.8) is 0 Å². The summed E-state index contributed by atoms with van der Waals surface area (Å²) in [6.45, 7) is 2.97. The molecule has 32 heavy (non-hydrogen) atoms. The number of piperidine rings is 1. The number of fused-ring (bicyclic) bond motifs is 1. The highest BCUT2D eigenvalue weighted by Gasteiger charge is 2.34. The molecule has 4 heterocycles. The summed E-state index contributed by atoms with van der Waals surface area (Å²) in [5.74, 6) is -0.0279. The second kappa shape index (κ2) is 8.86. The van der Waals surface area contributed by atoms with Crippen molar-refractivity contribution in [3.8, 4) is 0 Å². The number of carbonyl (C=O) groups excluding carboxylic acids is 1. The molecule has 1 aliphatic rings. The van der Waals surface area contributed by atoms with Crippen LogP contribution in [0, 0.1) is 0 Å². The molecule has 6 nitrogen and oxygen atoms in total. The van der Waals surface area contributed by atoms with Gasteiger partial charge in [0.1, 0.15) is 5.58 Å². The summed E-state index contributed by atoms with van der Waals surface area (Å²) in [7, 11) is 0.